The summed E-state index contributed by atoms with van der Waals surface area (Å²) in [5.41, 5.74) is 2.01. The van der Waals surface area contributed by atoms with E-state index in [1.54, 1.807) is 11.1 Å². The van der Waals surface area contributed by atoms with Crippen molar-refractivity contribution < 1.29 is 24.9 Å². The van der Waals surface area contributed by atoms with Crippen molar-refractivity contribution in [3.05, 3.63) is 11.1 Å². The van der Waals surface area contributed by atoms with Crippen molar-refractivity contribution >= 4 is 5.78 Å². The molecule has 192 valence electrons. The van der Waals surface area contributed by atoms with Crippen LogP contribution in [0.15, 0.2) is 11.1 Å². The number of aliphatic hydroxyl groups excluding tert-OH is 3. The summed E-state index contributed by atoms with van der Waals surface area (Å²) in [5, 5.41) is 31.7. The fraction of sp³-hybridized carbons (Fsp3) is 0.897. The van der Waals surface area contributed by atoms with E-state index in [4.69, 9.17) is 4.74 Å². The summed E-state index contributed by atoms with van der Waals surface area (Å²) < 4.78 is 6.83. The minimum atomic E-state index is -0.819. The number of allylic oxidation sites excluding steroid dienone is 2. The molecule has 34 heavy (non-hydrogen) atoms. The highest BCUT2D eigenvalue weighted by atomic mass is 16.5. The van der Waals surface area contributed by atoms with Crippen molar-refractivity contribution in [3.63, 3.8) is 0 Å². The predicted molar refractivity (Wildman–Crippen MR) is 131 cm³/mol. The number of rotatable bonds is 4. The first kappa shape index (κ1) is 24.9. The summed E-state index contributed by atoms with van der Waals surface area (Å²) >= 11 is 0. The van der Waals surface area contributed by atoms with Crippen LogP contribution in [0.25, 0.3) is 0 Å². The number of ether oxygens (including phenoxy) is 1. The standard InChI is InChI=1S/C29H46O5/c1-6-21(32)22-15-18(2)29(34-22)14-13-26(4)20-7-8-23-25(3,19(20)9-12-27(26,29)5)11-10-24(33)28(23,16-30)17-31/h18,22-24,30-31,33H,6-17H2,1-5H3/t18-,22+,23-,24+,25-,26+,27+,29+/m1/s1. The second-order valence-electron chi connectivity index (χ2n) is 13.2. The number of aliphatic hydroxyl groups is 3. The Morgan fingerprint density at radius 3 is 2.35 bits per heavy atom. The molecule has 1 heterocycles. The fourth-order valence-corrected chi connectivity index (χ4v) is 10.2. The minimum Gasteiger partial charge on any atom is -0.396 e. The Hall–Kier alpha value is -0.750. The smallest absolute Gasteiger partial charge is 0.161 e. The minimum absolute atomic E-state index is 0.0105. The summed E-state index contributed by atoms with van der Waals surface area (Å²) in [6.45, 7) is 11.2. The number of ketones is 1. The van der Waals surface area contributed by atoms with Crippen LogP contribution >= 0.6 is 0 Å². The first-order chi connectivity index (χ1) is 16.0. The molecule has 1 saturated heterocycles. The highest BCUT2D eigenvalue weighted by Gasteiger charge is 2.72. The summed E-state index contributed by atoms with van der Waals surface area (Å²) in [5.74, 6) is 0.707. The molecule has 0 amide bonds. The Kier molecular flexibility index (Phi) is 5.77. The molecule has 1 aliphatic heterocycles. The average Bonchev–Trinajstić information content (AvgIpc) is 3.29. The van der Waals surface area contributed by atoms with Gasteiger partial charge in [0.2, 0.25) is 0 Å². The van der Waals surface area contributed by atoms with E-state index in [2.05, 4.69) is 27.7 Å². The number of fused-ring (bicyclic) bond motifs is 5. The van der Waals surface area contributed by atoms with E-state index in [0.717, 1.165) is 51.4 Å². The van der Waals surface area contributed by atoms with Crippen molar-refractivity contribution in [2.24, 2.45) is 33.5 Å². The number of carbonyl (C=O) groups excluding carboxylic acids is 1. The molecule has 0 bridgehead atoms. The van der Waals surface area contributed by atoms with Crippen LogP contribution in [-0.2, 0) is 9.53 Å². The van der Waals surface area contributed by atoms with Crippen molar-refractivity contribution in [2.45, 2.75) is 117 Å². The molecule has 0 radical (unpaired) electrons. The molecule has 5 rings (SSSR count). The highest BCUT2D eigenvalue weighted by Crippen LogP contribution is 2.75. The Morgan fingerprint density at radius 1 is 1.00 bits per heavy atom. The van der Waals surface area contributed by atoms with E-state index in [1.807, 2.05) is 6.92 Å². The van der Waals surface area contributed by atoms with Crippen LogP contribution in [0.2, 0.25) is 0 Å². The van der Waals surface area contributed by atoms with Gasteiger partial charge in [0.05, 0.1) is 24.9 Å². The molecule has 5 heteroatoms. The highest BCUT2D eigenvalue weighted by molar-refractivity contribution is 5.83. The van der Waals surface area contributed by atoms with Gasteiger partial charge in [-0.05, 0) is 80.5 Å². The van der Waals surface area contributed by atoms with Gasteiger partial charge in [-0.2, -0.15) is 0 Å². The molecule has 4 aliphatic carbocycles. The molecule has 3 fully saturated rings. The molecule has 2 saturated carbocycles. The lowest BCUT2D eigenvalue weighted by Crippen LogP contribution is -2.61. The first-order valence-electron chi connectivity index (χ1n) is 13.8. The third-order valence-electron chi connectivity index (χ3n) is 12.5. The maximum atomic E-state index is 12.6. The summed E-state index contributed by atoms with van der Waals surface area (Å²) in [6, 6.07) is 0. The van der Waals surface area contributed by atoms with Gasteiger partial charge in [-0.1, -0.05) is 45.8 Å². The van der Waals surface area contributed by atoms with Gasteiger partial charge >= 0.3 is 0 Å². The van der Waals surface area contributed by atoms with Gasteiger partial charge in [-0.15, -0.1) is 0 Å². The Bertz CT molecular complexity index is 891. The van der Waals surface area contributed by atoms with E-state index < -0.39 is 11.5 Å². The van der Waals surface area contributed by atoms with Crippen molar-refractivity contribution in [3.8, 4) is 0 Å². The first-order valence-corrected chi connectivity index (χ1v) is 13.8. The molecule has 3 N–H and O–H groups in total. The van der Waals surface area contributed by atoms with Crippen LogP contribution < -0.4 is 0 Å². The molecule has 0 unspecified atom stereocenters. The molecular weight excluding hydrogens is 428 g/mol. The van der Waals surface area contributed by atoms with E-state index in [0.29, 0.717) is 18.8 Å². The van der Waals surface area contributed by atoms with E-state index in [9.17, 15) is 20.1 Å². The third-order valence-corrected chi connectivity index (χ3v) is 12.5. The molecule has 5 nitrogen and oxygen atoms in total. The Morgan fingerprint density at radius 2 is 1.71 bits per heavy atom. The Balaban J connectivity index is 1.56. The van der Waals surface area contributed by atoms with E-state index >= 15 is 0 Å². The lowest BCUT2D eigenvalue weighted by molar-refractivity contribution is -0.170. The molecule has 0 aromatic rings. The van der Waals surface area contributed by atoms with Crippen LogP contribution in [0.1, 0.15) is 98.8 Å². The maximum absolute atomic E-state index is 12.6. The maximum Gasteiger partial charge on any atom is 0.161 e. The molecule has 0 aromatic carbocycles. The molecule has 5 aliphatic rings. The molecule has 8 atom stereocenters. The summed E-state index contributed by atoms with van der Waals surface area (Å²) in [7, 11) is 0. The monoisotopic (exact) mass is 474 g/mol. The topological polar surface area (TPSA) is 87.0 Å². The summed E-state index contributed by atoms with van der Waals surface area (Å²) in [6.07, 6.45) is 8.07. The number of carbonyl (C=O) groups is 1. The van der Waals surface area contributed by atoms with Crippen LogP contribution in [0.4, 0.5) is 0 Å². The van der Waals surface area contributed by atoms with Crippen molar-refractivity contribution in [1.82, 2.24) is 0 Å². The SMILES string of the molecule is CCC(=O)[C@@H]1C[C@@H](C)[C@]2(CC[C@@]3(C)C4=C(CC[C@@]32C)[C@@]2(C)CC[C@H](O)C(CO)(CO)[C@@H]2CC4)O1. The van der Waals surface area contributed by atoms with E-state index in [-0.39, 0.29) is 52.9 Å². The van der Waals surface area contributed by atoms with Gasteiger partial charge in [0.1, 0.15) is 6.10 Å². The summed E-state index contributed by atoms with van der Waals surface area (Å²) in [4.78, 5) is 12.6. The fourth-order valence-electron chi connectivity index (χ4n) is 10.2. The molecule has 0 aromatic heterocycles. The van der Waals surface area contributed by atoms with Gasteiger partial charge in [0.25, 0.3) is 0 Å². The van der Waals surface area contributed by atoms with Crippen molar-refractivity contribution in [2.75, 3.05) is 13.2 Å². The lowest BCUT2D eigenvalue weighted by Gasteiger charge is -2.63. The third kappa shape index (κ3) is 2.74. The average molecular weight is 475 g/mol. The van der Waals surface area contributed by atoms with Crippen LogP contribution in [-0.4, -0.2) is 52.1 Å². The quantitative estimate of drug-likeness (QED) is 0.520. The number of hydrogen-bond donors (Lipinski definition) is 3. The van der Waals surface area contributed by atoms with Crippen LogP contribution in [0, 0.1) is 33.5 Å². The zero-order valence-electron chi connectivity index (χ0n) is 22.0. The number of Topliss-reactive ketones (excluding diaryl/α,β-unsaturated/α-hetero) is 1. The normalized spacial score (nSPS) is 49.6. The zero-order chi connectivity index (χ0) is 24.7. The second-order valence-corrected chi connectivity index (χ2v) is 13.2. The van der Waals surface area contributed by atoms with Gasteiger partial charge in [0.15, 0.2) is 5.78 Å². The zero-order valence-corrected chi connectivity index (χ0v) is 22.0. The van der Waals surface area contributed by atoms with Crippen LogP contribution in [0.5, 0.6) is 0 Å². The number of hydrogen-bond acceptors (Lipinski definition) is 5. The molecular formula is C29H46O5. The van der Waals surface area contributed by atoms with Crippen molar-refractivity contribution in [1.29, 1.82) is 0 Å². The van der Waals surface area contributed by atoms with Gasteiger partial charge < -0.3 is 20.1 Å². The predicted octanol–water partition coefficient (Wildman–Crippen LogP) is 4.57. The van der Waals surface area contributed by atoms with Gasteiger partial charge in [-0.25, -0.2) is 0 Å². The van der Waals surface area contributed by atoms with Crippen LogP contribution in [0.3, 0.4) is 0 Å². The largest absolute Gasteiger partial charge is 0.396 e. The lowest BCUT2D eigenvalue weighted by atomic mass is 9.42. The molecule has 1 spiro atoms. The van der Waals surface area contributed by atoms with Gasteiger partial charge in [-0.3, -0.25) is 4.79 Å². The Labute approximate surface area is 205 Å². The van der Waals surface area contributed by atoms with Gasteiger partial charge in [0, 0.05) is 17.3 Å². The second kappa shape index (κ2) is 7.87. The van der Waals surface area contributed by atoms with E-state index in [1.165, 1.54) is 0 Å².